The summed E-state index contributed by atoms with van der Waals surface area (Å²) in [6, 6.07) is 2.04. The van der Waals surface area contributed by atoms with Gasteiger partial charge in [-0.15, -0.1) is 0 Å². The number of carboxylic acid groups (broad SMARTS) is 1. The van der Waals surface area contributed by atoms with Crippen LogP contribution in [0, 0.1) is 18.3 Å². The first-order chi connectivity index (χ1) is 15.3. The van der Waals surface area contributed by atoms with E-state index in [1.807, 2.05) is 13.0 Å². The number of hydrogen-bond donors (Lipinski definition) is 1. The average Bonchev–Trinajstić information content (AvgIpc) is 3.02. The molecule has 0 spiro atoms. The molecule has 10 heteroatoms. The Kier molecular flexibility index (Phi) is 7.74. The molecule has 0 radical (unpaired) electrons. The number of anilines is 1. The van der Waals surface area contributed by atoms with Crippen molar-refractivity contribution in [2.45, 2.75) is 52.5 Å². The van der Waals surface area contributed by atoms with Gasteiger partial charge in [-0.3, -0.25) is 23.9 Å². The highest BCUT2D eigenvalue weighted by atomic mass is 32.2. The van der Waals surface area contributed by atoms with E-state index in [1.165, 1.54) is 0 Å². The summed E-state index contributed by atoms with van der Waals surface area (Å²) in [7, 11) is 0. The van der Waals surface area contributed by atoms with Gasteiger partial charge in [0, 0.05) is 25.2 Å². The third kappa shape index (κ3) is 4.74. The van der Waals surface area contributed by atoms with Crippen molar-refractivity contribution < 1.29 is 14.7 Å². The number of aromatic nitrogens is 1. The van der Waals surface area contributed by atoms with Gasteiger partial charge in [0.25, 0.3) is 11.5 Å². The largest absolute Gasteiger partial charge is 0.480 e. The summed E-state index contributed by atoms with van der Waals surface area (Å²) < 4.78 is 1.85. The maximum Gasteiger partial charge on any atom is 0.323 e. The highest BCUT2D eigenvalue weighted by Gasteiger charge is 2.34. The minimum atomic E-state index is -1.15. The maximum absolute atomic E-state index is 13.2. The lowest BCUT2D eigenvalue weighted by atomic mass is 10.0. The van der Waals surface area contributed by atoms with Gasteiger partial charge in [0.2, 0.25) is 0 Å². The quantitative estimate of drug-likeness (QED) is 0.475. The Bertz CT molecular complexity index is 1080. The van der Waals surface area contributed by atoms with Gasteiger partial charge in [-0.2, -0.15) is 5.26 Å². The van der Waals surface area contributed by atoms with Crippen LogP contribution in [0.15, 0.2) is 9.70 Å². The lowest BCUT2D eigenvalue weighted by Crippen LogP contribution is -2.37. The fourth-order valence-electron chi connectivity index (χ4n) is 4.02. The van der Waals surface area contributed by atoms with Crippen molar-refractivity contribution in [2.24, 2.45) is 0 Å². The van der Waals surface area contributed by atoms with Crippen LogP contribution in [0.2, 0.25) is 0 Å². The number of nitrogens with zero attached hydrogens (tertiary/aromatic N) is 4. The number of carbonyl (C=O) groups excluding carboxylic acids is 1. The molecular weight excluding hydrogens is 448 g/mol. The number of nitriles is 1. The SMILES string of the molecule is CCCCn1c(N2CCCCC2)c(/C=C2/SC(=S)N(CC(=O)O)C2=O)c(C)c(C#N)c1=O. The van der Waals surface area contributed by atoms with Crippen LogP contribution in [0.3, 0.4) is 0 Å². The normalized spacial score (nSPS) is 17.8. The van der Waals surface area contributed by atoms with Crippen LogP contribution in [-0.4, -0.2) is 50.4 Å². The summed E-state index contributed by atoms with van der Waals surface area (Å²) in [5.41, 5.74) is 0.924. The molecule has 0 bridgehead atoms. The summed E-state index contributed by atoms with van der Waals surface area (Å²) in [4.78, 5) is 40.7. The first-order valence-electron chi connectivity index (χ1n) is 10.7. The fourth-order valence-corrected chi connectivity index (χ4v) is 5.25. The molecule has 2 fully saturated rings. The van der Waals surface area contributed by atoms with Gasteiger partial charge in [0.1, 0.15) is 28.3 Å². The number of unbranched alkanes of at least 4 members (excludes halogenated alkanes) is 1. The van der Waals surface area contributed by atoms with Crippen LogP contribution in [-0.2, 0) is 16.1 Å². The third-order valence-corrected chi connectivity index (χ3v) is 7.06. The van der Waals surface area contributed by atoms with Crippen molar-refractivity contribution in [3.8, 4) is 6.07 Å². The molecular formula is C22H26N4O4S2. The van der Waals surface area contributed by atoms with E-state index in [9.17, 15) is 19.6 Å². The minimum Gasteiger partial charge on any atom is -0.480 e. The van der Waals surface area contributed by atoms with Crippen molar-refractivity contribution in [1.82, 2.24) is 9.47 Å². The van der Waals surface area contributed by atoms with Crippen molar-refractivity contribution in [3.05, 3.63) is 31.9 Å². The van der Waals surface area contributed by atoms with E-state index in [2.05, 4.69) is 4.90 Å². The molecule has 170 valence electrons. The Hall–Kier alpha value is -2.64. The van der Waals surface area contributed by atoms with Crippen LogP contribution in [0.1, 0.15) is 55.7 Å². The fraction of sp³-hybridized carbons (Fsp3) is 0.500. The number of hydrogen-bond acceptors (Lipinski definition) is 7. The van der Waals surface area contributed by atoms with E-state index in [0.717, 1.165) is 67.7 Å². The Morgan fingerprint density at radius 3 is 2.56 bits per heavy atom. The number of piperidine rings is 1. The molecule has 2 aliphatic heterocycles. The number of pyridine rings is 1. The van der Waals surface area contributed by atoms with Crippen molar-refractivity contribution in [3.63, 3.8) is 0 Å². The van der Waals surface area contributed by atoms with Gasteiger partial charge in [0.05, 0.1) is 4.91 Å². The Balaban J connectivity index is 2.21. The van der Waals surface area contributed by atoms with Crippen LogP contribution < -0.4 is 10.5 Å². The van der Waals surface area contributed by atoms with Crippen molar-refractivity contribution in [1.29, 1.82) is 5.26 Å². The van der Waals surface area contributed by atoms with Crippen LogP contribution in [0.25, 0.3) is 6.08 Å². The minimum absolute atomic E-state index is 0.0640. The van der Waals surface area contributed by atoms with Crippen LogP contribution in [0.4, 0.5) is 5.82 Å². The number of thioether (sulfide) groups is 1. The first kappa shape index (κ1) is 24.0. The van der Waals surface area contributed by atoms with Crippen molar-refractivity contribution in [2.75, 3.05) is 24.5 Å². The van der Waals surface area contributed by atoms with E-state index in [0.29, 0.717) is 22.6 Å². The Labute approximate surface area is 196 Å². The zero-order chi connectivity index (χ0) is 23.4. The number of carbonyl (C=O) groups is 2. The Morgan fingerprint density at radius 1 is 1.28 bits per heavy atom. The molecule has 8 nitrogen and oxygen atoms in total. The molecule has 3 heterocycles. The zero-order valence-electron chi connectivity index (χ0n) is 18.2. The first-order valence-corrected chi connectivity index (χ1v) is 11.9. The number of carboxylic acids is 1. The standard InChI is InChI=1S/C22H26N4O4S2/c1-3-4-10-25-19(24-8-6-5-7-9-24)15(14(2)16(12-23)20(25)29)11-17-21(30)26(13-18(27)28)22(31)32-17/h11H,3-10,13H2,1-2H3,(H,27,28)/b17-11+. The lowest BCUT2D eigenvalue weighted by Gasteiger charge is -2.33. The average molecular weight is 475 g/mol. The number of amides is 1. The van der Waals surface area contributed by atoms with Gasteiger partial charge in [0.15, 0.2) is 0 Å². The summed E-state index contributed by atoms with van der Waals surface area (Å²) in [6.45, 7) is 5.33. The zero-order valence-corrected chi connectivity index (χ0v) is 19.9. The van der Waals surface area contributed by atoms with Gasteiger partial charge >= 0.3 is 5.97 Å². The maximum atomic E-state index is 13.2. The predicted molar refractivity (Wildman–Crippen MR) is 129 cm³/mol. The number of rotatable bonds is 7. The monoisotopic (exact) mass is 474 g/mol. The smallest absolute Gasteiger partial charge is 0.323 e. The van der Waals surface area contributed by atoms with E-state index in [4.69, 9.17) is 17.3 Å². The molecule has 3 rings (SSSR count). The summed E-state index contributed by atoms with van der Waals surface area (Å²) in [5, 5.41) is 18.8. The topological polar surface area (TPSA) is 107 Å². The molecule has 2 saturated heterocycles. The van der Waals surface area contributed by atoms with E-state index in [-0.39, 0.29) is 15.4 Å². The lowest BCUT2D eigenvalue weighted by molar-refractivity contribution is -0.140. The number of thiocarbonyl (C=S) groups is 1. The highest BCUT2D eigenvalue weighted by Crippen LogP contribution is 2.36. The van der Waals surface area contributed by atoms with Crippen LogP contribution in [0.5, 0.6) is 0 Å². The predicted octanol–water partition coefficient (Wildman–Crippen LogP) is 3.10. The van der Waals surface area contributed by atoms with E-state index in [1.54, 1.807) is 17.6 Å². The number of aliphatic carboxylic acids is 1. The molecule has 2 aliphatic rings. The summed E-state index contributed by atoms with van der Waals surface area (Å²) in [5.74, 6) is -0.896. The summed E-state index contributed by atoms with van der Waals surface area (Å²) in [6.07, 6.45) is 6.47. The second-order valence-corrected chi connectivity index (χ2v) is 9.54. The molecule has 0 unspecified atom stereocenters. The van der Waals surface area contributed by atoms with E-state index < -0.39 is 18.4 Å². The molecule has 1 aromatic heterocycles. The van der Waals surface area contributed by atoms with Gasteiger partial charge in [-0.05, 0) is 44.2 Å². The molecule has 1 aromatic rings. The highest BCUT2D eigenvalue weighted by molar-refractivity contribution is 8.26. The van der Waals surface area contributed by atoms with Gasteiger partial charge < -0.3 is 10.0 Å². The summed E-state index contributed by atoms with van der Waals surface area (Å²) >= 11 is 6.26. The molecule has 0 saturated carbocycles. The molecule has 1 N–H and O–H groups in total. The second kappa shape index (κ2) is 10.3. The third-order valence-electron chi connectivity index (χ3n) is 5.68. The van der Waals surface area contributed by atoms with E-state index >= 15 is 0 Å². The molecule has 0 aromatic carbocycles. The molecule has 0 aliphatic carbocycles. The molecule has 1 amide bonds. The molecule has 0 atom stereocenters. The van der Waals surface area contributed by atoms with Gasteiger partial charge in [-0.1, -0.05) is 37.3 Å². The second-order valence-electron chi connectivity index (χ2n) is 7.87. The van der Waals surface area contributed by atoms with Crippen molar-refractivity contribution >= 4 is 52.1 Å². The van der Waals surface area contributed by atoms with Crippen LogP contribution >= 0.6 is 24.0 Å². The van der Waals surface area contributed by atoms with Gasteiger partial charge in [-0.25, -0.2) is 0 Å². The Morgan fingerprint density at radius 2 is 1.97 bits per heavy atom. The molecule has 32 heavy (non-hydrogen) atoms.